The van der Waals surface area contributed by atoms with Gasteiger partial charge in [0, 0.05) is 12.5 Å². The molecule has 108 valence electrons. The highest BCUT2D eigenvalue weighted by Gasteiger charge is 2.45. The summed E-state index contributed by atoms with van der Waals surface area (Å²) in [5, 5.41) is 9.49. The van der Waals surface area contributed by atoms with Crippen LogP contribution in [-0.2, 0) is 9.53 Å². The Kier molecular flexibility index (Phi) is 3.52. The first-order chi connectivity index (χ1) is 9.60. The SMILES string of the molecule is CC1(N2CC[C@@H](C(=O)O)[C@H](c3ccccc3)C2)COC1. The first-order valence-corrected chi connectivity index (χ1v) is 7.21. The molecule has 1 aromatic carbocycles. The van der Waals surface area contributed by atoms with Crippen LogP contribution in [0.25, 0.3) is 0 Å². The Balaban J connectivity index is 1.83. The van der Waals surface area contributed by atoms with E-state index in [9.17, 15) is 9.90 Å². The van der Waals surface area contributed by atoms with Gasteiger partial charge in [-0.25, -0.2) is 0 Å². The number of likely N-dealkylation sites (tertiary alicyclic amines) is 1. The number of carbonyl (C=O) groups is 1. The second-order valence-electron chi connectivity index (χ2n) is 6.19. The molecule has 1 aromatic rings. The van der Waals surface area contributed by atoms with Crippen LogP contribution in [0.5, 0.6) is 0 Å². The van der Waals surface area contributed by atoms with Gasteiger partial charge in [0.1, 0.15) is 0 Å². The lowest BCUT2D eigenvalue weighted by atomic mass is 9.78. The van der Waals surface area contributed by atoms with Crippen molar-refractivity contribution in [3.63, 3.8) is 0 Å². The summed E-state index contributed by atoms with van der Waals surface area (Å²) in [7, 11) is 0. The molecule has 4 nitrogen and oxygen atoms in total. The molecule has 0 unspecified atom stereocenters. The lowest BCUT2D eigenvalue weighted by Gasteiger charge is -2.51. The molecule has 0 saturated carbocycles. The van der Waals surface area contributed by atoms with E-state index in [0.29, 0.717) is 6.42 Å². The van der Waals surface area contributed by atoms with Gasteiger partial charge in [0.25, 0.3) is 0 Å². The summed E-state index contributed by atoms with van der Waals surface area (Å²) in [6.07, 6.45) is 0.713. The average Bonchev–Trinajstić information content (AvgIpc) is 2.45. The minimum Gasteiger partial charge on any atom is -0.481 e. The lowest BCUT2D eigenvalue weighted by Crippen LogP contribution is -2.63. The van der Waals surface area contributed by atoms with Gasteiger partial charge in [0.15, 0.2) is 0 Å². The van der Waals surface area contributed by atoms with Crippen molar-refractivity contribution in [2.45, 2.75) is 24.8 Å². The van der Waals surface area contributed by atoms with Crippen molar-refractivity contribution in [1.82, 2.24) is 4.90 Å². The molecule has 0 radical (unpaired) electrons. The summed E-state index contributed by atoms with van der Waals surface area (Å²) < 4.78 is 5.35. The van der Waals surface area contributed by atoms with E-state index in [0.717, 1.165) is 31.9 Å². The fourth-order valence-corrected chi connectivity index (χ4v) is 3.36. The van der Waals surface area contributed by atoms with Gasteiger partial charge in [-0.15, -0.1) is 0 Å². The van der Waals surface area contributed by atoms with Crippen molar-refractivity contribution in [2.75, 3.05) is 26.3 Å². The number of carboxylic acids is 1. The first kappa shape index (κ1) is 13.6. The van der Waals surface area contributed by atoms with Crippen molar-refractivity contribution in [3.8, 4) is 0 Å². The molecule has 20 heavy (non-hydrogen) atoms. The molecule has 0 spiro atoms. The number of ether oxygens (including phenoxy) is 1. The third-order valence-corrected chi connectivity index (χ3v) is 4.75. The van der Waals surface area contributed by atoms with Gasteiger partial charge in [-0.2, -0.15) is 0 Å². The Labute approximate surface area is 119 Å². The summed E-state index contributed by atoms with van der Waals surface area (Å²) >= 11 is 0. The van der Waals surface area contributed by atoms with Crippen molar-refractivity contribution in [2.24, 2.45) is 5.92 Å². The number of piperidine rings is 1. The van der Waals surface area contributed by atoms with Crippen molar-refractivity contribution >= 4 is 5.97 Å². The summed E-state index contributed by atoms with van der Waals surface area (Å²) in [5.74, 6) is -0.883. The van der Waals surface area contributed by atoms with Gasteiger partial charge >= 0.3 is 5.97 Å². The highest BCUT2D eigenvalue weighted by Crippen LogP contribution is 2.37. The Morgan fingerprint density at radius 1 is 1.35 bits per heavy atom. The smallest absolute Gasteiger partial charge is 0.307 e. The number of nitrogens with zero attached hydrogens (tertiary/aromatic N) is 1. The molecule has 2 atom stereocenters. The maximum atomic E-state index is 11.5. The topological polar surface area (TPSA) is 49.8 Å². The number of rotatable bonds is 3. The second-order valence-corrected chi connectivity index (χ2v) is 6.19. The molecule has 2 aliphatic rings. The van der Waals surface area contributed by atoms with Crippen LogP contribution < -0.4 is 0 Å². The molecule has 2 saturated heterocycles. The lowest BCUT2D eigenvalue weighted by molar-refractivity contribution is -0.155. The molecule has 2 aliphatic heterocycles. The number of benzene rings is 1. The number of hydrogen-bond donors (Lipinski definition) is 1. The highest BCUT2D eigenvalue weighted by molar-refractivity contribution is 5.71. The fourth-order valence-electron chi connectivity index (χ4n) is 3.36. The quantitative estimate of drug-likeness (QED) is 0.916. The fraction of sp³-hybridized carbons (Fsp3) is 0.562. The van der Waals surface area contributed by atoms with Crippen LogP contribution in [0.3, 0.4) is 0 Å². The maximum absolute atomic E-state index is 11.5. The zero-order valence-electron chi connectivity index (χ0n) is 11.8. The van der Waals surface area contributed by atoms with E-state index in [4.69, 9.17) is 4.74 Å². The van der Waals surface area contributed by atoms with E-state index in [2.05, 4.69) is 11.8 Å². The molecular weight excluding hydrogens is 254 g/mol. The largest absolute Gasteiger partial charge is 0.481 e. The van der Waals surface area contributed by atoms with Gasteiger partial charge < -0.3 is 9.84 Å². The van der Waals surface area contributed by atoms with Crippen molar-refractivity contribution in [1.29, 1.82) is 0 Å². The van der Waals surface area contributed by atoms with Crippen molar-refractivity contribution in [3.05, 3.63) is 35.9 Å². The molecule has 2 fully saturated rings. The molecule has 0 aromatic heterocycles. The minimum absolute atomic E-state index is 0.0693. The van der Waals surface area contributed by atoms with Gasteiger partial charge in [-0.05, 0) is 25.5 Å². The number of aliphatic carboxylic acids is 1. The summed E-state index contributed by atoms with van der Waals surface area (Å²) in [6, 6.07) is 10.0. The Morgan fingerprint density at radius 3 is 2.60 bits per heavy atom. The van der Waals surface area contributed by atoms with E-state index in [1.54, 1.807) is 0 Å². The second kappa shape index (κ2) is 5.19. The van der Waals surface area contributed by atoms with Gasteiger partial charge in [-0.3, -0.25) is 9.69 Å². The Hall–Kier alpha value is -1.39. The summed E-state index contributed by atoms with van der Waals surface area (Å²) in [4.78, 5) is 13.9. The van der Waals surface area contributed by atoms with Crippen LogP contribution in [0.1, 0.15) is 24.8 Å². The standard InChI is InChI=1S/C16H21NO3/c1-16(10-20-11-16)17-8-7-13(15(18)19)14(9-17)12-5-3-2-4-6-12/h2-6,13-14H,7-11H2,1H3,(H,18,19)/t13-,14+/m1/s1. The van der Waals surface area contributed by atoms with Crippen LogP contribution in [-0.4, -0.2) is 47.8 Å². The molecule has 2 heterocycles. The van der Waals surface area contributed by atoms with Crippen LogP contribution in [0.4, 0.5) is 0 Å². The van der Waals surface area contributed by atoms with Gasteiger partial charge in [0.05, 0.1) is 24.7 Å². The van der Waals surface area contributed by atoms with Crippen molar-refractivity contribution < 1.29 is 14.6 Å². The van der Waals surface area contributed by atoms with E-state index in [1.807, 2.05) is 30.3 Å². The van der Waals surface area contributed by atoms with Gasteiger partial charge in [-0.1, -0.05) is 30.3 Å². The molecule has 0 aliphatic carbocycles. The highest BCUT2D eigenvalue weighted by atomic mass is 16.5. The zero-order chi connectivity index (χ0) is 14.2. The van der Waals surface area contributed by atoms with E-state index in [-0.39, 0.29) is 17.4 Å². The van der Waals surface area contributed by atoms with Crippen LogP contribution >= 0.6 is 0 Å². The van der Waals surface area contributed by atoms with Crippen LogP contribution in [0.2, 0.25) is 0 Å². The molecule has 0 bridgehead atoms. The number of hydrogen-bond acceptors (Lipinski definition) is 3. The maximum Gasteiger partial charge on any atom is 0.307 e. The molecule has 0 amide bonds. The predicted octanol–water partition coefficient (Wildman–Crippen LogP) is 1.97. The summed E-state index contributed by atoms with van der Waals surface area (Å²) in [5.41, 5.74) is 1.23. The normalized spacial score (nSPS) is 29.6. The predicted molar refractivity (Wildman–Crippen MR) is 75.7 cm³/mol. The Morgan fingerprint density at radius 2 is 2.05 bits per heavy atom. The van der Waals surface area contributed by atoms with E-state index < -0.39 is 5.97 Å². The third-order valence-electron chi connectivity index (χ3n) is 4.75. The molecule has 3 rings (SSSR count). The van der Waals surface area contributed by atoms with E-state index in [1.165, 1.54) is 0 Å². The monoisotopic (exact) mass is 275 g/mol. The van der Waals surface area contributed by atoms with E-state index >= 15 is 0 Å². The third kappa shape index (κ3) is 2.34. The number of carboxylic acid groups (broad SMARTS) is 1. The van der Waals surface area contributed by atoms with Crippen LogP contribution in [0.15, 0.2) is 30.3 Å². The zero-order valence-corrected chi connectivity index (χ0v) is 11.8. The molecular formula is C16H21NO3. The molecule has 1 N–H and O–H groups in total. The summed E-state index contributed by atoms with van der Waals surface area (Å²) in [6.45, 7) is 5.37. The van der Waals surface area contributed by atoms with Crippen LogP contribution in [0, 0.1) is 5.92 Å². The minimum atomic E-state index is -0.673. The Bertz CT molecular complexity index is 484. The first-order valence-electron chi connectivity index (χ1n) is 7.21. The van der Waals surface area contributed by atoms with Gasteiger partial charge in [0.2, 0.25) is 0 Å². The molecule has 4 heteroatoms. The average molecular weight is 275 g/mol.